The van der Waals surface area contributed by atoms with Crippen molar-refractivity contribution in [2.45, 2.75) is 32.9 Å². The fraction of sp³-hybridized carbons (Fsp3) is 0.545. The molecule has 1 unspecified atom stereocenters. The minimum absolute atomic E-state index is 0.0475. The summed E-state index contributed by atoms with van der Waals surface area (Å²) in [6.45, 7) is 8.31. The normalized spacial score (nSPS) is 16.2. The molecule has 0 aliphatic carbocycles. The van der Waals surface area contributed by atoms with E-state index in [0.717, 1.165) is 5.57 Å². The molecule has 0 saturated carbocycles. The molecule has 1 nitrogen and oxygen atoms in total. The lowest BCUT2D eigenvalue weighted by Crippen LogP contribution is -2.09. The third kappa shape index (κ3) is 5.69. The number of rotatable bonds is 3. The first-order valence-electron chi connectivity index (χ1n) is 4.45. The second kappa shape index (κ2) is 5.28. The van der Waals surface area contributed by atoms with Crippen LogP contribution in [0.5, 0.6) is 0 Å². The zero-order valence-corrected chi connectivity index (χ0v) is 9.73. The summed E-state index contributed by atoms with van der Waals surface area (Å²) in [5.41, 5.74) is 1.07. The number of hydrogen-bond acceptors (Lipinski definition) is 2. The Hall–Kier alpha value is -0.500. The number of allylic oxidation sites excluding steroid dienone is 3. The molecule has 0 aliphatic heterocycles. The topological polar surface area (TPSA) is 23.9 Å². The van der Waals surface area contributed by atoms with Crippen molar-refractivity contribution in [3.8, 4) is 0 Å². The lowest BCUT2D eigenvalue weighted by Gasteiger charge is -2.18. The maximum Gasteiger partial charge on any atom is 0.0215 e. The van der Waals surface area contributed by atoms with Crippen molar-refractivity contribution in [2.75, 3.05) is 0 Å². The van der Waals surface area contributed by atoms with E-state index in [0.29, 0.717) is 0 Å². The van der Waals surface area contributed by atoms with E-state index < -0.39 is 0 Å². The van der Waals surface area contributed by atoms with Gasteiger partial charge < -0.3 is 5.41 Å². The smallest absolute Gasteiger partial charge is 0.0215 e. The van der Waals surface area contributed by atoms with Gasteiger partial charge in [0.25, 0.3) is 0 Å². The molecule has 0 aliphatic rings. The van der Waals surface area contributed by atoms with E-state index in [1.807, 2.05) is 25.2 Å². The van der Waals surface area contributed by atoms with Crippen molar-refractivity contribution in [1.29, 1.82) is 5.41 Å². The van der Waals surface area contributed by atoms with Crippen LogP contribution in [0.3, 0.4) is 0 Å². The molecule has 0 amide bonds. The summed E-state index contributed by atoms with van der Waals surface area (Å²) in [5.74, 6) is 0. The van der Waals surface area contributed by atoms with Gasteiger partial charge in [-0.1, -0.05) is 39.0 Å². The Labute approximate surface area is 86.8 Å². The van der Waals surface area contributed by atoms with Crippen LogP contribution < -0.4 is 0 Å². The molecular weight excluding hydrogens is 178 g/mol. The zero-order valence-electron chi connectivity index (χ0n) is 8.83. The minimum Gasteiger partial charge on any atom is -0.308 e. The molecule has 0 radical (unpaired) electrons. The molecule has 74 valence electrons. The van der Waals surface area contributed by atoms with Gasteiger partial charge >= 0.3 is 0 Å². The molecule has 0 aromatic rings. The molecule has 0 spiro atoms. The lowest BCUT2D eigenvalue weighted by molar-refractivity contribution is 0.526. The van der Waals surface area contributed by atoms with Crippen LogP contribution in [0.4, 0.5) is 0 Å². The van der Waals surface area contributed by atoms with E-state index >= 15 is 0 Å². The molecule has 0 saturated heterocycles. The average molecular weight is 197 g/mol. The summed E-state index contributed by atoms with van der Waals surface area (Å²) < 4.78 is 0. The largest absolute Gasteiger partial charge is 0.308 e. The van der Waals surface area contributed by atoms with Gasteiger partial charge in [0, 0.05) is 11.5 Å². The van der Waals surface area contributed by atoms with Crippen LogP contribution in [0, 0.1) is 10.8 Å². The summed E-state index contributed by atoms with van der Waals surface area (Å²) in [5, 5.41) is 7.52. The summed E-state index contributed by atoms with van der Waals surface area (Å²) in [6.07, 6.45) is 7.34. The van der Waals surface area contributed by atoms with Gasteiger partial charge in [-0.3, -0.25) is 0 Å². The molecule has 0 aromatic carbocycles. The Morgan fingerprint density at radius 3 is 2.23 bits per heavy atom. The van der Waals surface area contributed by atoms with Crippen molar-refractivity contribution in [1.82, 2.24) is 0 Å². The van der Waals surface area contributed by atoms with Gasteiger partial charge in [0.1, 0.15) is 0 Å². The summed E-state index contributed by atoms with van der Waals surface area (Å²) in [7, 11) is 0. The van der Waals surface area contributed by atoms with Crippen LogP contribution in [-0.2, 0) is 0 Å². The van der Waals surface area contributed by atoms with Crippen LogP contribution in [0.25, 0.3) is 0 Å². The summed E-state index contributed by atoms with van der Waals surface area (Å²) in [6, 6.07) is 0. The van der Waals surface area contributed by atoms with E-state index in [4.69, 9.17) is 5.41 Å². The molecule has 1 N–H and O–H groups in total. The van der Waals surface area contributed by atoms with E-state index in [-0.39, 0.29) is 10.7 Å². The maximum atomic E-state index is 7.26. The van der Waals surface area contributed by atoms with Gasteiger partial charge in [-0.2, -0.15) is 12.6 Å². The Balaban J connectivity index is 4.51. The van der Waals surface area contributed by atoms with Crippen molar-refractivity contribution in [2.24, 2.45) is 5.41 Å². The molecule has 0 fully saturated rings. The Morgan fingerprint density at radius 2 is 1.92 bits per heavy atom. The average Bonchev–Trinajstić information content (AvgIpc) is 1.95. The van der Waals surface area contributed by atoms with Crippen LogP contribution in [-0.4, -0.2) is 11.5 Å². The number of nitrogens with one attached hydrogen (secondary N) is 1. The van der Waals surface area contributed by atoms with Crippen LogP contribution in [0.1, 0.15) is 27.7 Å². The lowest BCUT2D eigenvalue weighted by atomic mass is 9.87. The van der Waals surface area contributed by atoms with Crippen LogP contribution in [0.2, 0.25) is 0 Å². The third-order valence-electron chi connectivity index (χ3n) is 1.69. The van der Waals surface area contributed by atoms with E-state index in [9.17, 15) is 0 Å². The second-order valence-corrected chi connectivity index (χ2v) is 4.96. The van der Waals surface area contributed by atoms with Gasteiger partial charge in [-0.05, 0) is 17.9 Å². The highest BCUT2D eigenvalue weighted by Gasteiger charge is 2.13. The fourth-order valence-electron chi connectivity index (χ4n) is 0.835. The predicted octanol–water partition coefficient (Wildman–Crippen LogP) is 3.48. The van der Waals surface area contributed by atoms with Crippen molar-refractivity contribution in [3.05, 3.63) is 23.8 Å². The quantitative estimate of drug-likeness (QED) is 0.393. The predicted molar refractivity (Wildman–Crippen MR) is 63.9 cm³/mol. The summed E-state index contributed by atoms with van der Waals surface area (Å²) in [4.78, 5) is 0. The maximum absolute atomic E-state index is 7.26. The summed E-state index contributed by atoms with van der Waals surface area (Å²) >= 11 is 4.23. The first-order chi connectivity index (χ1) is 5.88. The Kier molecular flexibility index (Phi) is 5.07. The molecule has 2 heteroatoms. The standard InChI is InChI=1S/C11H19NS/c1-9(13)6-5-7-10(8-12)11(2,3)4/h5-9,12-13H,1-4H3/b6-5-,10-7+,12-8?. The molecule has 0 aromatic heterocycles. The van der Waals surface area contributed by atoms with Gasteiger partial charge in [0.2, 0.25) is 0 Å². The first-order valence-corrected chi connectivity index (χ1v) is 4.97. The molecule has 0 heterocycles. The van der Waals surface area contributed by atoms with E-state index in [1.54, 1.807) is 0 Å². The van der Waals surface area contributed by atoms with E-state index in [1.165, 1.54) is 6.21 Å². The highest BCUT2D eigenvalue weighted by Crippen LogP contribution is 2.23. The molecule has 0 rings (SSSR count). The minimum atomic E-state index is 0.0475. The molecule has 0 bridgehead atoms. The van der Waals surface area contributed by atoms with Crippen LogP contribution >= 0.6 is 12.6 Å². The number of thiol groups is 1. The van der Waals surface area contributed by atoms with Gasteiger partial charge in [-0.15, -0.1) is 0 Å². The Morgan fingerprint density at radius 1 is 1.38 bits per heavy atom. The first kappa shape index (κ1) is 12.5. The van der Waals surface area contributed by atoms with Gasteiger partial charge in [0.05, 0.1) is 0 Å². The Bertz CT molecular complexity index is 219. The molecule has 1 atom stereocenters. The number of hydrogen-bond donors (Lipinski definition) is 2. The monoisotopic (exact) mass is 197 g/mol. The highest BCUT2D eigenvalue weighted by atomic mass is 32.1. The highest BCUT2D eigenvalue weighted by molar-refractivity contribution is 7.81. The van der Waals surface area contributed by atoms with Crippen molar-refractivity contribution in [3.63, 3.8) is 0 Å². The van der Waals surface area contributed by atoms with E-state index in [2.05, 4.69) is 33.4 Å². The third-order valence-corrected chi connectivity index (χ3v) is 1.86. The molecule has 13 heavy (non-hydrogen) atoms. The van der Waals surface area contributed by atoms with Crippen LogP contribution in [0.15, 0.2) is 23.8 Å². The van der Waals surface area contributed by atoms with Gasteiger partial charge in [0.15, 0.2) is 0 Å². The fourth-order valence-corrected chi connectivity index (χ4v) is 0.934. The van der Waals surface area contributed by atoms with Crippen molar-refractivity contribution < 1.29 is 0 Å². The SMILES string of the molecule is CC(S)/C=C\C=C(/C=N)C(C)(C)C. The molecular formula is C11H19NS. The van der Waals surface area contributed by atoms with Gasteiger partial charge in [-0.25, -0.2) is 0 Å². The zero-order chi connectivity index (χ0) is 10.5. The van der Waals surface area contributed by atoms with Crippen molar-refractivity contribution >= 4 is 18.8 Å². The second-order valence-electron chi connectivity index (χ2n) is 4.14.